The third-order valence-electron chi connectivity index (χ3n) is 5.45. The van der Waals surface area contributed by atoms with Crippen molar-refractivity contribution >= 4 is 50.9 Å². The molecule has 0 unspecified atom stereocenters. The fourth-order valence-electron chi connectivity index (χ4n) is 3.94. The van der Waals surface area contributed by atoms with E-state index in [1.165, 1.54) is 22.2 Å². The Bertz CT molecular complexity index is 1410. The fourth-order valence-corrected chi connectivity index (χ4v) is 6.22. The molecule has 4 aromatic rings. The summed E-state index contributed by atoms with van der Waals surface area (Å²) in [5.74, 6) is -0.540. The second-order valence-corrected chi connectivity index (χ2v) is 9.79. The molecule has 178 valence electrons. The number of carbonyl (C=O) groups is 2. The molecule has 0 bridgehead atoms. The Morgan fingerprint density at radius 3 is 2.86 bits per heavy atom. The van der Waals surface area contributed by atoms with Gasteiger partial charge in [-0.1, -0.05) is 12.1 Å². The number of para-hydroxylation sites is 2. The summed E-state index contributed by atoms with van der Waals surface area (Å²) in [6.07, 6.45) is 6.37. The number of hydrogen-bond donors (Lipinski definition) is 1. The van der Waals surface area contributed by atoms with Gasteiger partial charge in [0.2, 0.25) is 0 Å². The number of ether oxygens (including phenoxy) is 2. The predicted molar refractivity (Wildman–Crippen MR) is 134 cm³/mol. The lowest BCUT2D eigenvalue weighted by molar-refractivity contribution is -0.119. The molecule has 1 amide bonds. The molecule has 1 aromatic carbocycles. The van der Waals surface area contributed by atoms with Crippen molar-refractivity contribution in [2.45, 2.75) is 36.2 Å². The van der Waals surface area contributed by atoms with Crippen molar-refractivity contribution in [3.05, 3.63) is 64.9 Å². The number of anilines is 1. The summed E-state index contributed by atoms with van der Waals surface area (Å²) in [7, 11) is 0. The van der Waals surface area contributed by atoms with Crippen LogP contribution < -0.4 is 10.1 Å². The van der Waals surface area contributed by atoms with Gasteiger partial charge in [0.25, 0.3) is 5.91 Å². The van der Waals surface area contributed by atoms with E-state index in [1.807, 2.05) is 13.0 Å². The monoisotopic (exact) mass is 506 g/mol. The molecule has 0 spiro atoms. The van der Waals surface area contributed by atoms with Gasteiger partial charge < -0.3 is 14.8 Å². The molecule has 0 atom stereocenters. The quantitative estimate of drug-likeness (QED) is 0.265. The van der Waals surface area contributed by atoms with E-state index in [2.05, 4.69) is 20.3 Å². The van der Waals surface area contributed by atoms with Crippen LogP contribution in [0, 0.1) is 0 Å². The number of aryl methyl sites for hydroxylation is 2. The van der Waals surface area contributed by atoms with E-state index < -0.39 is 18.5 Å². The molecule has 0 radical (unpaired) electrons. The maximum Gasteiger partial charge on any atom is 0.341 e. The van der Waals surface area contributed by atoms with Gasteiger partial charge in [0.15, 0.2) is 6.61 Å². The summed E-state index contributed by atoms with van der Waals surface area (Å²) in [6.45, 7) is 1.90. The van der Waals surface area contributed by atoms with Crippen LogP contribution in [-0.2, 0) is 22.4 Å². The minimum Gasteiger partial charge on any atom is -0.492 e. The molecular formula is C25H22N4O4S2. The van der Waals surface area contributed by atoms with Crippen molar-refractivity contribution in [2.75, 3.05) is 18.5 Å². The number of benzene rings is 1. The Kier molecular flexibility index (Phi) is 6.91. The summed E-state index contributed by atoms with van der Waals surface area (Å²) < 4.78 is 10.8. The molecule has 8 nitrogen and oxygen atoms in total. The lowest BCUT2D eigenvalue weighted by Crippen LogP contribution is -2.21. The van der Waals surface area contributed by atoms with Gasteiger partial charge in [0.05, 0.1) is 17.9 Å². The van der Waals surface area contributed by atoms with E-state index in [0.29, 0.717) is 23.1 Å². The van der Waals surface area contributed by atoms with Crippen molar-refractivity contribution in [2.24, 2.45) is 0 Å². The van der Waals surface area contributed by atoms with E-state index in [0.717, 1.165) is 34.5 Å². The van der Waals surface area contributed by atoms with Crippen LogP contribution in [-0.4, -0.2) is 40.0 Å². The molecular weight excluding hydrogens is 484 g/mol. The number of pyridine rings is 1. The number of carbonyl (C=O) groups excluding carboxylic acids is 2. The number of nitrogens with one attached hydrogen (secondary N) is 1. The summed E-state index contributed by atoms with van der Waals surface area (Å²) in [5.41, 5.74) is 2.10. The maximum absolute atomic E-state index is 12.9. The smallest absolute Gasteiger partial charge is 0.341 e. The van der Waals surface area contributed by atoms with E-state index >= 15 is 0 Å². The van der Waals surface area contributed by atoms with Gasteiger partial charge >= 0.3 is 5.97 Å². The van der Waals surface area contributed by atoms with Crippen LogP contribution >= 0.6 is 23.1 Å². The minimum atomic E-state index is -0.630. The van der Waals surface area contributed by atoms with Crippen LogP contribution in [0.1, 0.15) is 34.1 Å². The summed E-state index contributed by atoms with van der Waals surface area (Å²) in [6, 6.07) is 10.4. The molecule has 1 aliphatic rings. The fraction of sp³-hybridized carbons (Fsp3) is 0.240. The zero-order chi connectivity index (χ0) is 24.2. The van der Waals surface area contributed by atoms with Gasteiger partial charge in [-0.3, -0.25) is 4.79 Å². The van der Waals surface area contributed by atoms with Crippen LogP contribution in [0.15, 0.2) is 59.0 Å². The van der Waals surface area contributed by atoms with E-state index in [-0.39, 0.29) is 5.56 Å². The molecule has 5 rings (SSSR count). The zero-order valence-electron chi connectivity index (χ0n) is 18.9. The molecule has 10 heteroatoms. The normalized spacial score (nSPS) is 12.4. The Hall–Kier alpha value is -3.50. The SMILES string of the molecule is CCOc1ccccc1NC(=O)COC(=O)c1cccnc1Sc1ncnc2sc3c(c12)CCC3. The summed E-state index contributed by atoms with van der Waals surface area (Å²) in [5, 5.41) is 5.01. The largest absolute Gasteiger partial charge is 0.492 e. The topological polar surface area (TPSA) is 103 Å². The van der Waals surface area contributed by atoms with Gasteiger partial charge in [-0.15, -0.1) is 11.3 Å². The van der Waals surface area contributed by atoms with E-state index in [4.69, 9.17) is 9.47 Å². The minimum absolute atomic E-state index is 0.277. The van der Waals surface area contributed by atoms with Gasteiger partial charge in [0.1, 0.15) is 27.0 Å². The first-order valence-electron chi connectivity index (χ1n) is 11.2. The first kappa shape index (κ1) is 23.3. The Balaban J connectivity index is 1.30. The first-order chi connectivity index (χ1) is 17.1. The highest BCUT2D eigenvalue weighted by Gasteiger charge is 2.23. The van der Waals surface area contributed by atoms with Gasteiger partial charge in [0, 0.05) is 16.5 Å². The van der Waals surface area contributed by atoms with Crippen molar-refractivity contribution in [1.29, 1.82) is 0 Å². The van der Waals surface area contributed by atoms with Gasteiger partial charge in [-0.25, -0.2) is 19.7 Å². The molecule has 0 saturated carbocycles. The number of fused-ring (bicyclic) bond motifs is 3. The molecule has 1 aliphatic carbocycles. The highest BCUT2D eigenvalue weighted by atomic mass is 32.2. The van der Waals surface area contributed by atoms with Crippen LogP contribution in [0.25, 0.3) is 10.2 Å². The van der Waals surface area contributed by atoms with Crippen LogP contribution in [0.5, 0.6) is 5.75 Å². The third-order valence-corrected chi connectivity index (χ3v) is 7.67. The van der Waals surface area contributed by atoms with Crippen LogP contribution in [0.3, 0.4) is 0 Å². The lowest BCUT2D eigenvalue weighted by Gasteiger charge is -2.12. The van der Waals surface area contributed by atoms with E-state index in [1.54, 1.807) is 54.2 Å². The molecule has 0 fully saturated rings. The van der Waals surface area contributed by atoms with E-state index in [9.17, 15) is 9.59 Å². The summed E-state index contributed by atoms with van der Waals surface area (Å²) in [4.78, 5) is 40.9. The molecule has 0 saturated heterocycles. The highest BCUT2D eigenvalue weighted by molar-refractivity contribution is 7.99. The highest BCUT2D eigenvalue weighted by Crippen LogP contribution is 2.41. The number of amides is 1. The maximum atomic E-state index is 12.9. The molecule has 3 aromatic heterocycles. The van der Waals surface area contributed by atoms with Crippen molar-refractivity contribution < 1.29 is 19.1 Å². The number of esters is 1. The number of rotatable bonds is 8. The molecule has 3 heterocycles. The average molecular weight is 507 g/mol. The second kappa shape index (κ2) is 10.4. The van der Waals surface area contributed by atoms with Crippen LogP contribution in [0.2, 0.25) is 0 Å². The predicted octanol–water partition coefficient (Wildman–Crippen LogP) is 4.92. The Labute approximate surface area is 210 Å². The van der Waals surface area contributed by atoms with Crippen molar-refractivity contribution in [1.82, 2.24) is 15.0 Å². The van der Waals surface area contributed by atoms with Crippen LogP contribution in [0.4, 0.5) is 5.69 Å². The number of hydrogen-bond acceptors (Lipinski definition) is 9. The zero-order valence-corrected chi connectivity index (χ0v) is 20.6. The molecule has 1 N–H and O–H groups in total. The Morgan fingerprint density at radius 2 is 1.97 bits per heavy atom. The average Bonchev–Trinajstić information content (AvgIpc) is 3.46. The second-order valence-electron chi connectivity index (χ2n) is 7.73. The lowest BCUT2D eigenvalue weighted by atomic mass is 10.2. The molecule has 35 heavy (non-hydrogen) atoms. The standard InChI is InChI=1S/C25H22N4O4S2/c1-2-32-18-10-4-3-9-17(18)29-20(30)13-33-25(31)16-8-6-12-26-22(16)35-24-21-15-7-5-11-19(15)34-23(21)27-14-28-24/h3-4,6,8-10,12,14H,2,5,7,11,13H2,1H3,(H,29,30). The number of nitrogens with zero attached hydrogens (tertiary/aromatic N) is 3. The Morgan fingerprint density at radius 1 is 1.09 bits per heavy atom. The third kappa shape index (κ3) is 4.98. The first-order valence-corrected chi connectivity index (χ1v) is 12.8. The summed E-state index contributed by atoms with van der Waals surface area (Å²) >= 11 is 3.02. The number of thiophene rings is 1. The number of aromatic nitrogens is 3. The van der Waals surface area contributed by atoms with Crippen molar-refractivity contribution in [3.63, 3.8) is 0 Å². The van der Waals surface area contributed by atoms with Gasteiger partial charge in [-0.05, 0) is 67.8 Å². The van der Waals surface area contributed by atoms with Gasteiger partial charge in [-0.2, -0.15) is 0 Å². The molecule has 0 aliphatic heterocycles. The van der Waals surface area contributed by atoms with Crippen molar-refractivity contribution in [3.8, 4) is 5.75 Å².